The summed E-state index contributed by atoms with van der Waals surface area (Å²) in [7, 11) is 1.68. The first-order chi connectivity index (χ1) is 13.8. The summed E-state index contributed by atoms with van der Waals surface area (Å²) in [6.45, 7) is 11.3. The van der Waals surface area contributed by atoms with Gasteiger partial charge in [0.05, 0.1) is 7.11 Å². The highest BCUT2D eigenvalue weighted by Gasteiger charge is 2.20. The minimum Gasteiger partial charge on any atom is -0.497 e. The van der Waals surface area contributed by atoms with E-state index in [-0.39, 0.29) is 30.2 Å². The molecule has 1 N–H and O–H groups in total. The van der Waals surface area contributed by atoms with Crippen molar-refractivity contribution in [3.8, 4) is 11.5 Å². The zero-order chi connectivity index (χ0) is 20.9. The molecule has 0 spiro atoms. The largest absolute Gasteiger partial charge is 0.497 e. The van der Waals surface area contributed by atoms with Crippen LogP contribution in [-0.4, -0.2) is 62.6 Å². The lowest BCUT2D eigenvalue weighted by Gasteiger charge is -2.36. The zero-order valence-electron chi connectivity index (χ0n) is 18.9. The number of rotatable bonds is 7. The number of methoxy groups -OCH3 is 1. The van der Waals surface area contributed by atoms with Crippen LogP contribution in [0.1, 0.15) is 26.3 Å². The van der Waals surface area contributed by atoms with Crippen molar-refractivity contribution in [2.24, 2.45) is 0 Å². The molecule has 31 heavy (non-hydrogen) atoms. The second-order valence-corrected chi connectivity index (χ2v) is 8.72. The average molecular weight is 471 g/mol. The van der Waals surface area contributed by atoms with Crippen LogP contribution in [0.4, 0.5) is 5.69 Å². The van der Waals surface area contributed by atoms with Crippen LogP contribution in [0, 0.1) is 0 Å². The van der Waals surface area contributed by atoms with Crippen LogP contribution >= 0.6 is 24.8 Å². The molecule has 1 saturated heterocycles. The van der Waals surface area contributed by atoms with E-state index in [0.29, 0.717) is 13.2 Å². The number of aliphatic hydroxyl groups excluding tert-OH is 1. The van der Waals surface area contributed by atoms with Crippen molar-refractivity contribution < 1.29 is 14.6 Å². The first-order valence-corrected chi connectivity index (χ1v) is 10.4. The molecule has 0 aliphatic carbocycles. The Morgan fingerprint density at radius 3 is 1.94 bits per heavy atom. The van der Waals surface area contributed by atoms with E-state index in [1.54, 1.807) is 7.11 Å². The second kappa shape index (κ2) is 12.4. The van der Waals surface area contributed by atoms with E-state index < -0.39 is 6.10 Å². The van der Waals surface area contributed by atoms with E-state index in [0.717, 1.165) is 37.7 Å². The van der Waals surface area contributed by atoms with Crippen molar-refractivity contribution >= 4 is 30.5 Å². The van der Waals surface area contributed by atoms with Gasteiger partial charge in [0.2, 0.25) is 0 Å². The third kappa shape index (κ3) is 8.08. The number of hydrogen-bond acceptors (Lipinski definition) is 5. The number of halogens is 2. The molecule has 2 aromatic rings. The monoisotopic (exact) mass is 470 g/mol. The third-order valence-corrected chi connectivity index (χ3v) is 5.44. The minimum absolute atomic E-state index is 0. The van der Waals surface area contributed by atoms with Crippen molar-refractivity contribution in [1.29, 1.82) is 0 Å². The number of piperazine rings is 1. The number of benzene rings is 2. The Hall–Kier alpha value is -1.66. The number of hydrogen-bond donors (Lipinski definition) is 1. The average Bonchev–Trinajstić information content (AvgIpc) is 2.72. The van der Waals surface area contributed by atoms with Gasteiger partial charge < -0.3 is 19.5 Å². The lowest BCUT2D eigenvalue weighted by molar-refractivity contribution is 0.0663. The summed E-state index contributed by atoms with van der Waals surface area (Å²) in [6.07, 6.45) is -0.496. The van der Waals surface area contributed by atoms with Gasteiger partial charge in [0.15, 0.2) is 0 Å². The van der Waals surface area contributed by atoms with E-state index in [1.165, 1.54) is 11.3 Å². The molecule has 1 unspecified atom stereocenters. The second-order valence-electron chi connectivity index (χ2n) is 8.72. The number of nitrogens with zero attached hydrogens (tertiary/aromatic N) is 2. The van der Waals surface area contributed by atoms with E-state index in [1.807, 2.05) is 24.3 Å². The Labute approximate surface area is 199 Å². The van der Waals surface area contributed by atoms with Crippen LogP contribution in [0.25, 0.3) is 0 Å². The highest BCUT2D eigenvalue weighted by Crippen LogP contribution is 2.24. The van der Waals surface area contributed by atoms with E-state index in [9.17, 15) is 5.11 Å². The van der Waals surface area contributed by atoms with Crippen LogP contribution in [0.3, 0.4) is 0 Å². The fraction of sp³-hybridized carbons (Fsp3) is 0.500. The molecule has 0 aromatic heterocycles. The lowest BCUT2D eigenvalue weighted by atomic mass is 9.87. The smallest absolute Gasteiger partial charge is 0.119 e. The van der Waals surface area contributed by atoms with E-state index in [4.69, 9.17) is 9.47 Å². The fourth-order valence-electron chi connectivity index (χ4n) is 3.58. The highest BCUT2D eigenvalue weighted by atomic mass is 35.5. The van der Waals surface area contributed by atoms with Gasteiger partial charge >= 0.3 is 0 Å². The highest BCUT2D eigenvalue weighted by molar-refractivity contribution is 5.85. The summed E-state index contributed by atoms with van der Waals surface area (Å²) < 4.78 is 11.0. The molecule has 0 bridgehead atoms. The molecular weight excluding hydrogens is 435 g/mol. The van der Waals surface area contributed by atoms with E-state index in [2.05, 4.69) is 54.8 Å². The molecule has 2 aromatic carbocycles. The van der Waals surface area contributed by atoms with Crippen LogP contribution in [0.2, 0.25) is 0 Å². The topological polar surface area (TPSA) is 45.2 Å². The van der Waals surface area contributed by atoms with Crippen molar-refractivity contribution in [2.45, 2.75) is 32.3 Å². The van der Waals surface area contributed by atoms with Crippen molar-refractivity contribution in [3.63, 3.8) is 0 Å². The standard InChI is InChI=1S/C24H34N2O3.2ClH/c1-24(2,3)19-5-9-23(10-6-19)29-18-21(27)17-25-13-15-26(16-14-25)20-7-11-22(28-4)12-8-20;;/h5-12,21,27H,13-18H2,1-4H3;2*1H. The van der Waals surface area contributed by atoms with Crippen molar-refractivity contribution in [1.82, 2.24) is 4.90 Å². The van der Waals surface area contributed by atoms with E-state index >= 15 is 0 Å². The van der Waals surface area contributed by atoms with Crippen molar-refractivity contribution in [3.05, 3.63) is 54.1 Å². The number of β-amino-alcohol motifs (C(OH)–C–C–N with tert-alkyl or cyclic N) is 1. The zero-order valence-corrected chi connectivity index (χ0v) is 20.5. The molecule has 1 heterocycles. The first-order valence-electron chi connectivity index (χ1n) is 10.4. The van der Waals surface area contributed by atoms with Gasteiger partial charge in [0.1, 0.15) is 24.2 Å². The first kappa shape index (κ1) is 27.4. The molecule has 1 aliphatic heterocycles. The molecule has 174 valence electrons. The summed E-state index contributed by atoms with van der Waals surface area (Å²) in [4.78, 5) is 4.67. The van der Waals surface area contributed by atoms with Gasteiger partial charge in [-0.15, -0.1) is 24.8 Å². The summed E-state index contributed by atoms with van der Waals surface area (Å²) in [5.74, 6) is 1.69. The van der Waals surface area contributed by atoms with Gasteiger partial charge in [-0.2, -0.15) is 0 Å². The number of aliphatic hydroxyl groups is 1. The number of ether oxygens (including phenoxy) is 2. The molecule has 1 aliphatic rings. The Morgan fingerprint density at radius 2 is 1.42 bits per heavy atom. The summed E-state index contributed by atoms with van der Waals surface area (Å²) >= 11 is 0. The normalized spacial score (nSPS) is 15.5. The SMILES string of the molecule is COc1ccc(N2CCN(CC(O)COc3ccc(C(C)(C)C)cc3)CC2)cc1.Cl.Cl. The molecule has 7 heteroatoms. The summed E-state index contributed by atoms with van der Waals surface area (Å²) in [6, 6.07) is 16.4. The summed E-state index contributed by atoms with van der Waals surface area (Å²) in [5, 5.41) is 10.4. The maximum Gasteiger partial charge on any atom is 0.119 e. The molecule has 3 rings (SSSR count). The maximum atomic E-state index is 10.4. The van der Waals surface area contributed by atoms with Gasteiger partial charge in [-0.1, -0.05) is 32.9 Å². The summed E-state index contributed by atoms with van der Waals surface area (Å²) in [5.41, 5.74) is 2.62. The predicted molar refractivity (Wildman–Crippen MR) is 133 cm³/mol. The Kier molecular flexibility index (Phi) is 10.9. The van der Waals surface area contributed by atoms with Crippen molar-refractivity contribution in [2.75, 3.05) is 51.3 Å². The molecule has 5 nitrogen and oxygen atoms in total. The molecule has 1 fully saturated rings. The fourth-order valence-corrected chi connectivity index (χ4v) is 3.58. The Balaban J connectivity index is 0.00000240. The van der Waals surface area contributed by atoms with Gasteiger partial charge in [-0.3, -0.25) is 4.90 Å². The molecule has 0 amide bonds. The Morgan fingerprint density at radius 1 is 0.871 bits per heavy atom. The van der Waals surface area contributed by atoms with Gasteiger partial charge in [-0.05, 0) is 47.4 Å². The Bertz CT molecular complexity index is 756. The maximum absolute atomic E-state index is 10.4. The third-order valence-electron chi connectivity index (χ3n) is 5.44. The number of anilines is 1. The van der Waals surface area contributed by atoms with Gasteiger partial charge in [-0.25, -0.2) is 0 Å². The quantitative estimate of drug-likeness (QED) is 0.649. The van der Waals surface area contributed by atoms with Crippen LogP contribution < -0.4 is 14.4 Å². The molecule has 0 radical (unpaired) electrons. The molecule has 0 saturated carbocycles. The van der Waals surface area contributed by atoms with Crippen LogP contribution in [0.15, 0.2) is 48.5 Å². The molecule has 1 atom stereocenters. The van der Waals surface area contributed by atoms with Gasteiger partial charge in [0.25, 0.3) is 0 Å². The van der Waals surface area contributed by atoms with Crippen LogP contribution in [-0.2, 0) is 5.41 Å². The minimum atomic E-state index is -0.496. The van der Waals surface area contributed by atoms with Gasteiger partial charge in [0, 0.05) is 38.4 Å². The lowest BCUT2D eigenvalue weighted by Crippen LogP contribution is -2.49. The molecular formula is C24H36Cl2N2O3. The van der Waals surface area contributed by atoms with Crippen LogP contribution in [0.5, 0.6) is 11.5 Å². The predicted octanol–water partition coefficient (Wildman–Crippen LogP) is 4.40.